The highest BCUT2D eigenvalue weighted by molar-refractivity contribution is 7.89. The molecule has 0 aliphatic carbocycles. The zero-order chi connectivity index (χ0) is 16.3. The van der Waals surface area contributed by atoms with E-state index in [1.807, 2.05) is 7.05 Å². The van der Waals surface area contributed by atoms with E-state index in [2.05, 4.69) is 10.2 Å². The number of carbonyl (C=O) groups is 1. The van der Waals surface area contributed by atoms with Crippen LogP contribution in [0.3, 0.4) is 0 Å². The van der Waals surface area contributed by atoms with Crippen molar-refractivity contribution in [1.29, 1.82) is 0 Å². The summed E-state index contributed by atoms with van der Waals surface area (Å²) in [6.45, 7) is 1.53. The van der Waals surface area contributed by atoms with Crippen molar-refractivity contribution in [3.8, 4) is 5.75 Å². The molecule has 1 aromatic rings. The Kier molecular flexibility index (Phi) is 5.05. The van der Waals surface area contributed by atoms with Crippen LogP contribution in [-0.2, 0) is 10.0 Å². The standard InChI is InChI=1S/C14H21N3O4S/c1-17-7-3-4-10(17)9-16-14(18)12-8-11(22(15,19)20)5-6-13(12)21-2/h5-6,8,10H,3-4,7,9H2,1-2H3,(H,16,18)(H2,15,19,20)/t10-/m1/s1. The van der Waals surface area contributed by atoms with Gasteiger partial charge in [-0.05, 0) is 44.6 Å². The number of ether oxygens (including phenoxy) is 1. The van der Waals surface area contributed by atoms with Gasteiger partial charge in [-0.2, -0.15) is 0 Å². The van der Waals surface area contributed by atoms with E-state index in [1.165, 1.54) is 25.3 Å². The first-order valence-corrected chi connectivity index (χ1v) is 8.57. The molecule has 0 aromatic heterocycles. The van der Waals surface area contributed by atoms with E-state index >= 15 is 0 Å². The van der Waals surface area contributed by atoms with Gasteiger partial charge in [-0.1, -0.05) is 0 Å². The maximum atomic E-state index is 12.3. The minimum absolute atomic E-state index is 0.114. The molecule has 1 aromatic carbocycles. The second kappa shape index (κ2) is 6.64. The Labute approximate surface area is 130 Å². The highest BCUT2D eigenvalue weighted by Crippen LogP contribution is 2.22. The quantitative estimate of drug-likeness (QED) is 0.802. The number of carbonyl (C=O) groups excluding carboxylic acids is 1. The highest BCUT2D eigenvalue weighted by atomic mass is 32.2. The molecule has 1 atom stereocenters. The molecule has 1 amide bonds. The van der Waals surface area contributed by atoms with Crippen LogP contribution < -0.4 is 15.2 Å². The van der Waals surface area contributed by atoms with Crippen LogP contribution in [0.4, 0.5) is 0 Å². The van der Waals surface area contributed by atoms with Crippen LogP contribution in [0.2, 0.25) is 0 Å². The minimum Gasteiger partial charge on any atom is -0.496 e. The normalized spacial score (nSPS) is 19.1. The van der Waals surface area contributed by atoms with Crippen molar-refractivity contribution in [2.24, 2.45) is 5.14 Å². The number of benzene rings is 1. The number of nitrogens with two attached hydrogens (primary N) is 1. The average Bonchev–Trinajstić information content (AvgIpc) is 2.88. The zero-order valence-electron chi connectivity index (χ0n) is 12.7. The molecule has 7 nitrogen and oxygen atoms in total. The Morgan fingerprint density at radius 2 is 2.23 bits per heavy atom. The summed E-state index contributed by atoms with van der Waals surface area (Å²) in [4.78, 5) is 14.4. The number of likely N-dealkylation sites (tertiary alicyclic amines) is 1. The average molecular weight is 327 g/mol. The van der Waals surface area contributed by atoms with Crippen molar-refractivity contribution in [3.63, 3.8) is 0 Å². The monoisotopic (exact) mass is 327 g/mol. The maximum Gasteiger partial charge on any atom is 0.255 e. The fraction of sp³-hybridized carbons (Fsp3) is 0.500. The van der Waals surface area contributed by atoms with Gasteiger partial charge in [-0.25, -0.2) is 13.6 Å². The van der Waals surface area contributed by atoms with Crippen molar-refractivity contribution in [3.05, 3.63) is 23.8 Å². The second-order valence-electron chi connectivity index (χ2n) is 5.39. The lowest BCUT2D eigenvalue weighted by molar-refractivity contribution is 0.0940. The second-order valence-corrected chi connectivity index (χ2v) is 6.96. The molecule has 8 heteroatoms. The van der Waals surface area contributed by atoms with Gasteiger partial charge in [-0.3, -0.25) is 4.79 Å². The summed E-state index contributed by atoms with van der Waals surface area (Å²) in [5.41, 5.74) is 0.162. The molecule has 1 aliphatic rings. The Hall–Kier alpha value is -1.64. The molecular weight excluding hydrogens is 306 g/mol. The fourth-order valence-electron chi connectivity index (χ4n) is 2.58. The fourth-order valence-corrected chi connectivity index (χ4v) is 3.12. The Balaban J connectivity index is 2.16. The Bertz CT molecular complexity index is 660. The van der Waals surface area contributed by atoms with Gasteiger partial charge in [-0.15, -0.1) is 0 Å². The van der Waals surface area contributed by atoms with Crippen molar-refractivity contribution in [2.75, 3.05) is 27.2 Å². The SMILES string of the molecule is COc1ccc(S(N)(=O)=O)cc1C(=O)NC[C@H]1CCCN1C. The molecular formula is C14H21N3O4S. The molecule has 1 heterocycles. The molecule has 0 saturated carbocycles. The predicted octanol–water partition coefficient (Wildman–Crippen LogP) is 0.167. The van der Waals surface area contributed by atoms with Crippen molar-refractivity contribution in [2.45, 2.75) is 23.8 Å². The summed E-state index contributed by atoms with van der Waals surface area (Å²) in [6.07, 6.45) is 2.15. The van der Waals surface area contributed by atoms with E-state index in [4.69, 9.17) is 9.88 Å². The number of amides is 1. The highest BCUT2D eigenvalue weighted by Gasteiger charge is 2.23. The number of sulfonamides is 1. The van der Waals surface area contributed by atoms with E-state index in [1.54, 1.807) is 0 Å². The van der Waals surface area contributed by atoms with E-state index in [-0.39, 0.29) is 16.4 Å². The summed E-state index contributed by atoms with van der Waals surface area (Å²) in [6, 6.07) is 4.28. The van der Waals surface area contributed by atoms with Gasteiger partial charge in [0.15, 0.2) is 0 Å². The smallest absolute Gasteiger partial charge is 0.255 e. The van der Waals surface area contributed by atoms with E-state index in [0.29, 0.717) is 18.3 Å². The third-order valence-corrected chi connectivity index (χ3v) is 4.82. The lowest BCUT2D eigenvalue weighted by atomic mass is 10.1. The Morgan fingerprint density at radius 3 is 2.77 bits per heavy atom. The van der Waals surface area contributed by atoms with E-state index in [0.717, 1.165) is 19.4 Å². The number of methoxy groups -OCH3 is 1. The number of nitrogens with zero attached hydrogens (tertiary/aromatic N) is 1. The summed E-state index contributed by atoms with van der Waals surface area (Å²) < 4.78 is 28.0. The van der Waals surface area contributed by atoms with Gasteiger partial charge < -0.3 is 15.0 Å². The Morgan fingerprint density at radius 1 is 1.50 bits per heavy atom. The molecule has 0 radical (unpaired) electrons. The third-order valence-electron chi connectivity index (χ3n) is 3.91. The molecule has 2 rings (SSSR count). The molecule has 1 fully saturated rings. The first-order valence-electron chi connectivity index (χ1n) is 7.02. The third kappa shape index (κ3) is 3.76. The van der Waals surface area contributed by atoms with Crippen LogP contribution in [-0.4, -0.2) is 52.5 Å². The summed E-state index contributed by atoms with van der Waals surface area (Å²) >= 11 is 0. The first kappa shape index (κ1) is 16.7. The van der Waals surface area contributed by atoms with E-state index in [9.17, 15) is 13.2 Å². The van der Waals surface area contributed by atoms with Crippen molar-refractivity contribution < 1.29 is 17.9 Å². The number of likely N-dealkylation sites (N-methyl/N-ethyl adjacent to an activating group) is 1. The molecule has 1 saturated heterocycles. The van der Waals surface area contributed by atoms with E-state index < -0.39 is 10.0 Å². The van der Waals surface area contributed by atoms with Gasteiger partial charge >= 0.3 is 0 Å². The lowest BCUT2D eigenvalue weighted by Crippen LogP contribution is -2.38. The number of primary sulfonamides is 1. The predicted molar refractivity (Wildman–Crippen MR) is 82.4 cm³/mol. The van der Waals surface area contributed by atoms with Crippen LogP contribution in [0.5, 0.6) is 5.75 Å². The molecule has 22 heavy (non-hydrogen) atoms. The molecule has 0 unspecified atom stereocenters. The van der Waals surface area contributed by atoms with Gasteiger partial charge in [0, 0.05) is 12.6 Å². The summed E-state index contributed by atoms with van der Waals surface area (Å²) in [5, 5.41) is 7.93. The molecule has 3 N–H and O–H groups in total. The topological polar surface area (TPSA) is 102 Å². The summed E-state index contributed by atoms with van der Waals surface area (Å²) in [5.74, 6) is -0.0627. The van der Waals surface area contributed by atoms with Crippen molar-refractivity contribution in [1.82, 2.24) is 10.2 Å². The molecule has 122 valence electrons. The lowest BCUT2D eigenvalue weighted by Gasteiger charge is -2.20. The molecule has 1 aliphatic heterocycles. The van der Waals surface area contributed by atoms with Gasteiger partial charge in [0.2, 0.25) is 10.0 Å². The number of nitrogens with one attached hydrogen (secondary N) is 1. The van der Waals surface area contributed by atoms with Gasteiger partial charge in [0.05, 0.1) is 17.6 Å². The molecule has 0 spiro atoms. The van der Waals surface area contributed by atoms with Crippen molar-refractivity contribution >= 4 is 15.9 Å². The van der Waals surface area contributed by atoms with Crippen LogP contribution in [0, 0.1) is 0 Å². The number of rotatable bonds is 5. The largest absolute Gasteiger partial charge is 0.496 e. The zero-order valence-corrected chi connectivity index (χ0v) is 13.5. The molecule has 0 bridgehead atoms. The summed E-state index contributed by atoms with van der Waals surface area (Å²) in [7, 11) is -0.423. The van der Waals surface area contributed by atoms with Gasteiger partial charge in [0.1, 0.15) is 5.75 Å². The van der Waals surface area contributed by atoms with Crippen LogP contribution in [0.1, 0.15) is 23.2 Å². The maximum absolute atomic E-state index is 12.3. The number of hydrogen-bond donors (Lipinski definition) is 2. The van der Waals surface area contributed by atoms with Crippen LogP contribution >= 0.6 is 0 Å². The minimum atomic E-state index is -3.87. The van der Waals surface area contributed by atoms with Crippen LogP contribution in [0.25, 0.3) is 0 Å². The first-order chi connectivity index (χ1) is 10.3. The van der Waals surface area contributed by atoms with Gasteiger partial charge in [0.25, 0.3) is 5.91 Å². The van der Waals surface area contributed by atoms with Crippen LogP contribution in [0.15, 0.2) is 23.1 Å². The number of hydrogen-bond acceptors (Lipinski definition) is 5.